The maximum absolute atomic E-state index is 9.48. The van der Waals surface area contributed by atoms with Crippen LogP contribution in [0.5, 0.6) is 5.75 Å². The summed E-state index contributed by atoms with van der Waals surface area (Å²) in [7, 11) is 0. The van der Waals surface area contributed by atoms with Gasteiger partial charge in [0.1, 0.15) is 5.75 Å². The molecule has 0 radical (unpaired) electrons. The summed E-state index contributed by atoms with van der Waals surface area (Å²) in [5.41, 5.74) is 1.64. The Morgan fingerprint density at radius 1 is 0.765 bits per heavy atom. The van der Waals surface area contributed by atoms with Crippen LogP contribution in [-0.4, -0.2) is 17.5 Å². The first-order valence-electron chi connectivity index (χ1n) is 5.26. The Morgan fingerprint density at radius 2 is 1.41 bits per heavy atom. The number of hydrogen-bond acceptors (Lipinski definition) is 3. The predicted molar refractivity (Wildman–Crippen MR) is 69.7 cm³/mol. The third kappa shape index (κ3) is 3.28. The van der Waals surface area contributed by atoms with Crippen molar-refractivity contribution in [2.45, 2.75) is 0 Å². The highest BCUT2D eigenvalue weighted by Gasteiger charge is 1.93. The molecule has 2 aromatic carbocycles. The summed E-state index contributed by atoms with van der Waals surface area (Å²) in [5, 5.41) is 17.3. The van der Waals surface area contributed by atoms with Crippen molar-refractivity contribution in [2.24, 2.45) is 10.2 Å². The lowest BCUT2D eigenvalue weighted by Crippen LogP contribution is -1.81. The van der Waals surface area contributed by atoms with Crippen molar-refractivity contribution in [2.75, 3.05) is 0 Å². The number of rotatable bonds is 3. The van der Waals surface area contributed by atoms with E-state index in [4.69, 9.17) is 0 Å². The van der Waals surface area contributed by atoms with Gasteiger partial charge in [0, 0.05) is 5.56 Å². The summed E-state index contributed by atoms with van der Waals surface area (Å²) in [5.74, 6) is 0.200. The van der Waals surface area contributed by atoms with Gasteiger partial charge in [-0.1, -0.05) is 42.5 Å². The first-order valence-corrected chi connectivity index (χ1v) is 5.26. The summed E-state index contributed by atoms with van der Waals surface area (Å²) in [6.45, 7) is 0. The van der Waals surface area contributed by atoms with Crippen LogP contribution in [0.3, 0.4) is 0 Å². The maximum Gasteiger partial charge on any atom is 0.124 e. The van der Waals surface area contributed by atoms with E-state index in [1.165, 1.54) is 6.21 Å². The summed E-state index contributed by atoms with van der Waals surface area (Å²) in [6, 6.07) is 16.7. The minimum atomic E-state index is 0.200. The third-order valence-electron chi connectivity index (χ3n) is 2.21. The van der Waals surface area contributed by atoms with Gasteiger partial charge in [0.15, 0.2) is 0 Å². The Morgan fingerprint density at radius 3 is 2.18 bits per heavy atom. The van der Waals surface area contributed by atoms with E-state index >= 15 is 0 Å². The summed E-state index contributed by atoms with van der Waals surface area (Å²) >= 11 is 0. The highest BCUT2D eigenvalue weighted by atomic mass is 16.3. The Labute approximate surface area is 99.8 Å². The zero-order valence-electron chi connectivity index (χ0n) is 9.19. The number of phenols is 1. The van der Waals surface area contributed by atoms with Gasteiger partial charge in [-0.2, -0.15) is 10.2 Å². The van der Waals surface area contributed by atoms with Gasteiger partial charge >= 0.3 is 0 Å². The highest BCUT2D eigenvalue weighted by Crippen LogP contribution is 2.12. The number of benzene rings is 2. The van der Waals surface area contributed by atoms with E-state index in [2.05, 4.69) is 10.2 Å². The van der Waals surface area contributed by atoms with Crippen LogP contribution in [0.25, 0.3) is 0 Å². The zero-order valence-corrected chi connectivity index (χ0v) is 9.19. The van der Waals surface area contributed by atoms with Crippen LogP contribution < -0.4 is 0 Å². The van der Waals surface area contributed by atoms with Crippen LogP contribution in [0.15, 0.2) is 64.8 Å². The molecule has 0 heterocycles. The lowest BCUT2D eigenvalue weighted by Gasteiger charge is -1.94. The Kier molecular flexibility index (Phi) is 3.65. The van der Waals surface area contributed by atoms with Gasteiger partial charge in [-0.05, 0) is 17.7 Å². The van der Waals surface area contributed by atoms with Crippen molar-refractivity contribution < 1.29 is 5.11 Å². The van der Waals surface area contributed by atoms with Gasteiger partial charge < -0.3 is 5.11 Å². The van der Waals surface area contributed by atoms with E-state index in [9.17, 15) is 5.11 Å². The van der Waals surface area contributed by atoms with Crippen LogP contribution in [0.2, 0.25) is 0 Å². The number of phenolic OH excluding ortho intramolecular Hbond substituents is 1. The highest BCUT2D eigenvalue weighted by molar-refractivity contribution is 5.84. The molecule has 0 saturated heterocycles. The summed E-state index contributed by atoms with van der Waals surface area (Å²) < 4.78 is 0. The number of para-hydroxylation sites is 1. The molecule has 0 unspecified atom stereocenters. The van der Waals surface area contributed by atoms with Crippen LogP contribution in [0, 0.1) is 0 Å². The van der Waals surface area contributed by atoms with Crippen LogP contribution in [0.1, 0.15) is 11.1 Å². The van der Waals surface area contributed by atoms with E-state index in [1.807, 2.05) is 36.4 Å². The van der Waals surface area contributed by atoms with Gasteiger partial charge in [0.05, 0.1) is 12.4 Å². The molecule has 2 aromatic rings. The SMILES string of the molecule is Oc1ccccc1C=NN=Cc1ccccc1. The topological polar surface area (TPSA) is 45.0 Å². The molecule has 3 nitrogen and oxygen atoms in total. The summed E-state index contributed by atoms with van der Waals surface area (Å²) in [4.78, 5) is 0. The molecule has 2 rings (SSSR count). The quantitative estimate of drug-likeness (QED) is 0.632. The average Bonchev–Trinajstić information content (AvgIpc) is 2.38. The molecular weight excluding hydrogens is 212 g/mol. The summed E-state index contributed by atoms with van der Waals surface area (Å²) in [6.07, 6.45) is 3.19. The van der Waals surface area contributed by atoms with Gasteiger partial charge in [-0.15, -0.1) is 0 Å². The van der Waals surface area contributed by atoms with Crippen molar-refractivity contribution in [3.05, 3.63) is 65.7 Å². The largest absolute Gasteiger partial charge is 0.507 e. The normalized spacial score (nSPS) is 11.3. The Bertz CT molecular complexity index is 533. The molecule has 1 N–H and O–H groups in total. The fourth-order valence-electron chi connectivity index (χ4n) is 1.33. The maximum atomic E-state index is 9.48. The second-order valence-electron chi connectivity index (χ2n) is 3.46. The number of aromatic hydroxyl groups is 1. The smallest absolute Gasteiger partial charge is 0.124 e. The monoisotopic (exact) mass is 224 g/mol. The van der Waals surface area contributed by atoms with Gasteiger partial charge in [0.2, 0.25) is 0 Å². The fourth-order valence-corrected chi connectivity index (χ4v) is 1.33. The zero-order chi connectivity index (χ0) is 11.9. The van der Waals surface area contributed by atoms with E-state index < -0.39 is 0 Å². The van der Waals surface area contributed by atoms with E-state index in [0.717, 1.165) is 5.56 Å². The predicted octanol–water partition coefficient (Wildman–Crippen LogP) is 2.85. The molecule has 0 bridgehead atoms. The van der Waals surface area contributed by atoms with Crippen molar-refractivity contribution in [1.29, 1.82) is 0 Å². The van der Waals surface area contributed by atoms with Gasteiger partial charge in [-0.25, -0.2) is 0 Å². The van der Waals surface area contributed by atoms with Crippen molar-refractivity contribution in [1.82, 2.24) is 0 Å². The molecule has 0 fully saturated rings. The lowest BCUT2D eigenvalue weighted by molar-refractivity contribution is 0.474. The molecule has 0 amide bonds. The fraction of sp³-hybridized carbons (Fsp3) is 0. The molecule has 0 aliphatic heterocycles. The van der Waals surface area contributed by atoms with E-state index in [0.29, 0.717) is 5.56 Å². The second-order valence-corrected chi connectivity index (χ2v) is 3.46. The molecule has 0 atom stereocenters. The minimum Gasteiger partial charge on any atom is -0.507 e. The van der Waals surface area contributed by atoms with Crippen molar-refractivity contribution in [3.8, 4) is 5.75 Å². The Hall–Kier alpha value is -2.42. The Balaban J connectivity index is 2.04. The molecule has 17 heavy (non-hydrogen) atoms. The van der Waals surface area contributed by atoms with E-state index in [1.54, 1.807) is 24.4 Å². The molecular formula is C14H12N2O. The van der Waals surface area contributed by atoms with Crippen molar-refractivity contribution in [3.63, 3.8) is 0 Å². The minimum absolute atomic E-state index is 0.200. The standard InChI is InChI=1S/C14H12N2O/c17-14-9-5-4-8-13(14)11-16-15-10-12-6-2-1-3-7-12/h1-11,17H. The molecule has 0 aliphatic carbocycles. The number of hydrogen-bond donors (Lipinski definition) is 1. The molecule has 84 valence electrons. The van der Waals surface area contributed by atoms with Gasteiger partial charge in [-0.3, -0.25) is 0 Å². The first kappa shape index (κ1) is 11.1. The molecule has 0 aliphatic rings. The molecule has 3 heteroatoms. The van der Waals surface area contributed by atoms with E-state index in [-0.39, 0.29) is 5.75 Å². The molecule has 0 aromatic heterocycles. The lowest BCUT2D eigenvalue weighted by atomic mass is 10.2. The van der Waals surface area contributed by atoms with Crippen LogP contribution in [-0.2, 0) is 0 Å². The van der Waals surface area contributed by atoms with Crippen LogP contribution >= 0.6 is 0 Å². The second kappa shape index (κ2) is 5.61. The van der Waals surface area contributed by atoms with Gasteiger partial charge in [0.25, 0.3) is 0 Å². The number of nitrogens with zero attached hydrogens (tertiary/aromatic N) is 2. The molecule has 0 spiro atoms. The average molecular weight is 224 g/mol. The van der Waals surface area contributed by atoms with Crippen molar-refractivity contribution >= 4 is 12.4 Å². The van der Waals surface area contributed by atoms with Crippen LogP contribution in [0.4, 0.5) is 0 Å². The third-order valence-corrected chi connectivity index (χ3v) is 2.21. The molecule has 0 saturated carbocycles. The first-order chi connectivity index (χ1) is 8.36.